The Bertz CT molecular complexity index is 1360. The van der Waals surface area contributed by atoms with Gasteiger partial charge in [-0.05, 0) is 43.3 Å². The molecule has 0 saturated carbocycles. The number of carboxylic acids is 1. The van der Waals surface area contributed by atoms with Gasteiger partial charge in [0.05, 0.1) is 16.3 Å². The molecule has 0 aromatic carbocycles. The first kappa shape index (κ1) is 27.0. The van der Waals surface area contributed by atoms with Crippen molar-refractivity contribution in [2.45, 2.75) is 48.5 Å². The summed E-state index contributed by atoms with van der Waals surface area (Å²) in [6.07, 6.45) is 2.84. The van der Waals surface area contributed by atoms with Crippen molar-refractivity contribution in [2.24, 2.45) is 0 Å². The summed E-state index contributed by atoms with van der Waals surface area (Å²) in [6, 6.07) is 2.44. The van der Waals surface area contributed by atoms with Crippen molar-refractivity contribution < 1.29 is 23.1 Å². The molecule has 0 amide bonds. The average Bonchev–Trinajstić information content (AvgIpc) is 3.48. The summed E-state index contributed by atoms with van der Waals surface area (Å²) < 4.78 is 31.7. The normalized spacial score (nSPS) is 17.1. The maximum atomic E-state index is 10.6. The van der Waals surface area contributed by atoms with Crippen LogP contribution < -0.4 is 10.2 Å². The van der Waals surface area contributed by atoms with E-state index in [2.05, 4.69) is 32.1 Å². The van der Waals surface area contributed by atoms with Gasteiger partial charge >= 0.3 is 12.1 Å². The Hall–Kier alpha value is -3.03. The molecule has 14 heteroatoms. The number of fused-ring (bicyclic) bond motifs is 2. The molecule has 9 nitrogen and oxygen atoms in total. The van der Waals surface area contributed by atoms with Crippen LogP contribution in [0.15, 0.2) is 40.3 Å². The lowest BCUT2D eigenvalue weighted by Gasteiger charge is -2.21. The first-order chi connectivity index (χ1) is 17.6. The molecule has 1 saturated heterocycles. The summed E-state index contributed by atoms with van der Waals surface area (Å²) >= 11 is 8.27. The van der Waals surface area contributed by atoms with E-state index < -0.39 is 12.1 Å². The molecule has 3 aromatic heterocycles. The number of hydrogen-bond donors (Lipinski definition) is 2. The molecule has 196 valence electrons. The van der Waals surface area contributed by atoms with Gasteiger partial charge in [-0.1, -0.05) is 18.5 Å². The summed E-state index contributed by atoms with van der Waals surface area (Å²) in [5.41, 5.74) is 4.66. The molecule has 2 aliphatic rings. The Morgan fingerprint density at radius 3 is 2.65 bits per heavy atom. The Kier molecular flexibility index (Phi) is 8.14. The van der Waals surface area contributed by atoms with Crippen LogP contribution in [0, 0.1) is 0 Å². The van der Waals surface area contributed by atoms with Crippen LogP contribution >= 0.6 is 23.4 Å². The summed E-state index contributed by atoms with van der Waals surface area (Å²) in [5.74, 6) is -1.81. The quantitative estimate of drug-likeness (QED) is 0.442. The third kappa shape index (κ3) is 6.11. The van der Waals surface area contributed by atoms with Crippen molar-refractivity contribution in [3.63, 3.8) is 0 Å². The van der Waals surface area contributed by atoms with Crippen molar-refractivity contribution in [3.8, 4) is 0 Å². The minimum Gasteiger partial charge on any atom is -0.475 e. The molecule has 0 radical (unpaired) electrons. The summed E-state index contributed by atoms with van der Waals surface area (Å²) in [7, 11) is 2.01. The van der Waals surface area contributed by atoms with E-state index in [1.807, 2.05) is 13.1 Å². The highest BCUT2D eigenvalue weighted by molar-refractivity contribution is 7.99. The van der Waals surface area contributed by atoms with Crippen LogP contribution in [0.1, 0.15) is 31.0 Å². The molecule has 3 aromatic rings. The minimum atomic E-state index is -5.08. The molecule has 1 aliphatic carbocycles. The minimum absolute atomic E-state index is 0.463. The monoisotopic (exact) mass is 553 g/mol. The van der Waals surface area contributed by atoms with Crippen LogP contribution in [0.4, 0.5) is 19.0 Å². The molecule has 0 spiro atoms. The van der Waals surface area contributed by atoms with E-state index in [0.717, 1.165) is 64.9 Å². The number of allylic oxidation sites excluding steroid dienone is 1. The molecular formula is C23H23ClF3N7O2S. The Morgan fingerprint density at radius 1 is 1.27 bits per heavy atom. The maximum absolute atomic E-state index is 10.6. The standard InChI is InChI=1S/C21H22ClN7S.C2HF3O2/c1-3-12-8-15-17(18(12)22)20(29-7-4-13(11-29)23-2)28-21(27-15)30-14-9-16-19(26-10-14)25-6-5-24-16;3-2(4,5)1(6)7/h5-6,9-10,13,23H,3-4,7-8,11H2,1-2H3;(H,6,7). The molecule has 0 bridgehead atoms. The first-order valence-corrected chi connectivity index (χ1v) is 12.6. The van der Waals surface area contributed by atoms with E-state index in [4.69, 9.17) is 31.5 Å². The Balaban J connectivity index is 0.000000405. The fourth-order valence-electron chi connectivity index (χ4n) is 4.02. The average molecular weight is 554 g/mol. The Morgan fingerprint density at radius 2 is 2.00 bits per heavy atom. The molecule has 1 aliphatic heterocycles. The number of pyridine rings is 1. The maximum Gasteiger partial charge on any atom is 0.490 e. The predicted molar refractivity (Wildman–Crippen MR) is 134 cm³/mol. The lowest BCUT2D eigenvalue weighted by Crippen LogP contribution is -2.30. The number of aliphatic carboxylic acids is 1. The number of carbonyl (C=O) groups is 1. The van der Waals surface area contributed by atoms with Gasteiger partial charge in [0.25, 0.3) is 0 Å². The second kappa shape index (κ2) is 11.2. The number of aromatic nitrogens is 5. The molecular weight excluding hydrogens is 531 g/mol. The highest BCUT2D eigenvalue weighted by atomic mass is 35.5. The van der Waals surface area contributed by atoms with Gasteiger partial charge in [-0.2, -0.15) is 13.2 Å². The number of likely N-dealkylation sites (N-methyl/N-ethyl adjacent to an activating group) is 1. The largest absolute Gasteiger partial charge is 0.490 e. The van der Waals surface area contributed by atoms with Gasteiger partial charge in [0.15, 0.2) is 10.8 Å². The van der Waals surface area contributed by atoms with E-state index >= 15 is 0 Å². The van der Waals surface area contributed by atoms with Crippen LogP contribution in [0.3, 0.4) is 0 Å². The third-order valence-corrected chi connectivity index (χ3v) is 7.21. The molecule has 2 N–H and O–H groups in total. The van der Waals surface area contributed by atoms with Gasteiger partial charge in [-0.3, -0.25) is 4.98 Å². The SMILES string of the molecule is CCC1=C(Cl)c2c(nc(Sc3cnc4nccnc4c3)nc2N2CCC(NC)C2)C1.O=C(O)C(F)(F)F. The number of hydrogen-bond acceptors (Lipinski definition) is 9. The fourth-order valence-corrected chi connectivity index (χ4v) is 5.19. The van der Waals surface area contributed by atoms with Gasteiger partial charge in [0.2, 0.25) is 0 Å². The highest BCUT2D eigenvalue weighted by Crippen LogP contribution is 2.43. The van der Waals surface area contributed by atoms with Crippen molar-refractivity contribution in [1.82, 2.24) is 30.2 Å². The number of carboxylic acid groups (broad SMARTS) is 1. The number of rotatable bonds is 5. The highest BCUT2D eigenvalue weighted by Gasteiger charge is 2.38. The van der Waals surface area contributed by atoms with E-state index in [-0.39, 0.29) is 0 Å². The summed E-state index contributed by atoms with van der Waals surface area (Å²) in [5, 5.41) is 12.0. The van der Waals surface area contributed by atoms with Crippen LogP contribution in [-0.4, -0.2) is 68.4 Å². The molecule has 1 fully saturated rings. The zero-order chi connectivity index (χ0) is 26.7. The number of anilines is 1. The molecule has 1 atom stereocenters. The molecule has 1 unspecified atom stereocenters. The van der Waals surface area contributed by atoms with Crippen molar-refractivity contribution in [1.29, 1.82) is 0 Å². The number of nitrogens with zero attached hydrogens (tertiary/aromatic N) is 6. The zero-order valence-electron chi connectivity index (χ0n) is 19.9. The molecule has 37 heavy (non-hydrogen) atoms. The van der Waals surface area contributed by atoms with Crippen molar-refractivity contribution in [2.75, 3.05) is 25.0 Å². The second-order valence-electron chi connectivity index (χ2n) is 8.29. The predicted octanol–water partition coefficient (Wildman–Crippen LogP) is 4.31. The smallest absolute Gasteiger partial charge is 0.475 e. The second-order valence-corrected chi connectivity index (χ2v) is 9.71. The number of alkyl halides is 3. The number of halogens is 4. The Labute approximate surface area is 219 Å². The lowest BCUT2D eigenvalue weighted by atomic mass is 10.2. The molecule has 5 rings (SSSR count). The molecule has 4 heterocycles. The van der Waals surface area contributed by atoms with Crippen molar-refractivity contribution in [3.05, 3.63) is 41.5 Å². The van der Waals surface area contributed by atoms with Crippen LogP contribution in [0.25, 0.3) is 16.2 Å². The third-order valence-electron chi connectivity index (χ3n) is 5.93. The van der Waals surface area contributed by atoms with Crippen LogP contribution in [-0.2, 0) is 11.2 Å². The topological polar surface area (TPSA) is 117 Å². The summed E-state index contributed by atoms with van der Waals surface area (Å²) in [4.78, 5) is 35.0. The first-order valence-electron chi connectivity index (χ1n) is 11.4. The van der Waals surface area contributed by atoms with Gasteiger partial charge in [0.1, 0.15) is 11.3 Å². The van der Waals surface area contributed by atoms with E-state index in [0.29, 0.717) is 16.8 Å². The van der Waals surface area contributed by atoms with Crippen molar-refractivity contribution >= 4 is 51.3 Å². The summed E-state index contributed by atoms with van der Waals surface area (Å²) in [6.45, 7) is 4.02. The van der Waals surface area contributed by atoms with E-state index in [1.165, 1.54) is 17.3 Å². The zero-order valence-corrected chi connectivity index (χ0v) is 21.5. The van der Waals surface area contributed by atoms with Crippen LogP contribution in [0.5, 0.6) is 0 Å². The van der Waals surface area contributed by atoms with E-state index in [9.17, 15) is 13.2 Å². The van der Waals surface area contributed by atoms with Gasteiger partial charge in [0, 0.05) is 49.0 Å². The van der Waals surface area contributed by atoms with E-state index in [1.54, 1.807) is 18.6 Å². The van der Waals surface area contributed by atoms with Gasteiger partial charge in [-0.15, -0.1) is 0 Å². The fraction of sp³-hybridized carbons (Fsp3) is 0.391. The van der Waals surface area contributed by atoms with Gasteiger partial charge in [-0.25, -0.2) is 24.7 Å². The number of nitrogens with one attached hydrogen (secondary N) is 1. The van der Waals surface area contributed by atoms with Gasteiger partial charge < -0.3 is 15.3 Å². The van der Waals surface area contributed by atoms with Crippen LogP contribution in [0.2, 0.25) is 0 Å². The lowest BCUT2D eigenvalue weighted by molar-refractivity contribution is -0.192.